The third kappa shape index (κ3) is 2.95. The number of carbonyl (C=O) groups excluding carboxylic acids is 1. The summed E-state index contributed by atoms with van der Waals surface area (Å²) >= 11 is 0. The molecule has 1 amide bonds. The SMILES string of the molecule is Cn1cc(C2CS(=O)(=O)CCN2C(=O)c2ccc3c(c2)OCO3)cn1. The van der Waals surface area contributed by atoms with E-state index < -0.39 is 15.9 Å². The number of nitrogens with zero attached hydrogens (tertiary/aromatic N) is 3. The number of aryl methyl sites for hydroxylation is 1. The molecule has 9 heteroatoms. The molecular formula is C16H17N3O5S. The molecule has 1 fully saturated rings. The van der Waals surface area contributed by atoms with Gasteiger partial charge in [0.05, 0.1) is 23.7 Å². The largest absolute Gasteiger partial charge is 0.454 e. The van der Waals surface area contributed by atoms with Crippen LogP contribution in [0.2, 0.25) is 0 Å². The molecular weight excluding hydrogens is 346 g/mol. The minimum atomic E-state index is -3.20. The standard InChI is InChI=1S/C16H17N3O5S/c1-18-8-12(7-17-18)13-9-25(21,22)5-4-19(13)16(20)11-2-3-14-15(6-11)24-10-23-14/h2-3,6-8,13H,4-5,9-10H2,1H3. The highest BCUT2D eigenvalue weighted by atomic mass is 32.2. The molecule has 1 atom stereocenters. The van der Waals surface area contributed by atoms with Gasteiger partial charge in [0.2, 0.25) is 6.79 Å². The zero-order chi connectivity index (χ0) is 17.6. The lowest BCUT2D eigenvalue weighted by Crippen LogP contribution is -2.46. The highest BCUT2D eigenvalue weighted by Gasteiger charge is 2.36. The lowest BCUT2D eigenvalue weighted by molar-refractivity contribution is 0.0697. The van der Waals surface area contributed by atoms with Crippen molar-refractivity contribution in [3.8, 4) is 11.5 Å². The van der Waals surface area contributed by atoms with Gasteiger partial charge in [0.1, 0.15) is 0 Å². The molecule has 132 valence electrons. The van der Waals surface area contributed by atoms with Crippen molar-refractivity contribution in [1.29, 1.82) is 0 Å². The van der Waals surface area contributed by atoms with Crippen molar-refractivity contribution in [3.05, 3.63) is 41.7 Å². The fraction of sp³-hybridized carbons (Fsp3) is 0.375. The van der Waals surface area contributed by atoms with Gasteiger partial charge in [0.15, 0.2) is 21.3 Å². The van der Waals surface area contributed by atoms with Gasteiger partial charge in [-0.05, 0) is 18.2 Å². The predicted molar refractivity (Wildman–Crippen MR) is 88.2 cm³/mol. The molecule has 1 unspecified atom stereocenters. The van der Waals surface area contributed by atoms with Crippen molar-refractivity contribution in [2.75, 3.05) is 24.8 Å². The van der Waals surface area contributed by atoms with E-state index in [1.165, 1.54) is 0 Å². The highest BCUT2D eigenvalue weighted by molar-refractivity contribution is 7.91. The predicted octanol–water partition coefficient (Wildman–Crippen LogP) is 0.761. The topological polar surface area (TPSA) is 90.7 Å². The zero-order valence-electron chi connectivity index (χ0n) is 13.6. The molecule has 0 radical (unpaired) electrons. The highest BCUT2D eigenvalue weighted by Crippen LogP contribution is 2.34. The molecule has 1 saturated heterocycles. The third-order valence-electron chi connectivity index (χ3n) is 4.42. The summed E-state index contributed by atoms with van der Waals surface area (Å²) in [7, 11) is -1.45. The molecule has 2 aliphatic heterocycles. The fourth-order valence-corrected chi connectivity index (χ4v) is 4.63. The number of fused-ring (bicyclic) bond motifs is 1. The smallest absolute Gasteiger partial charge is 0.254 e. The number of aromatic nitrogens is 2. The fourth-order valence-electron chi connectivity index (χ4n) is 3.13. The number of hydrogen-bond donors (Lipinski definition) is 0. The first-order chi connectivity index (χ1) is 11.9. The molecule has 2 aromatic rings. The second kappa shape index (κ2) is 5.76. The Morgan fingerprint density at radius 3 is 2.84 bits per heavy atom. The number of carbonyl (C=O) groups is 1. The summed E-state index contributed by atoms with van der Waals surface area (Å²) in [5.41, 5.74) is 1.15. The van der Waals surface area contributed by atoms with Crippen molar-refractivity contribution >= 4 is 15.7 Å². The minimum absolute atomic E-state index is 0.0416. The van der Waals surface area contributed by atoms with Gasteiger partial charge < -0.3 is 14.4 Å². The quantitative estimate of drug-likeness (QED) is 0.782. The van der Waals surface area contributed by atoms with Gasteiger partial charge in [-0.2, -0.15) is 5.10 Å². The van der Waals surface area contributed by atoms with Crippen LogP contribution in [0.15, 0.2) is 30.6 Å². The maximum atomic E-state index is 13.0. The normalized spacial score (nSPS) is 21.3. The van der Waals surface area contributed by atoms with E-state index in [9.17, 15) is 13.2 Å². The molecule has 0 saturated carbocycles. The second-order valence-electron chi connectivity index (χ2n) is 6.14. The van der Waals surface area contributed by atoms with Crippen LogP contribution in [0.1, 0.15) is 22.0 Å². The zero-order valence-corrected chi connectivity index (χ0v) is 14.4. The first kappa shape index (κ1) is 15.9. The molecule has 1 aromatic carbocycles. The van der Waals surface area contributed by atoms with E-state index in [0.29, 0.717) is 22.6 Å². The summed E-state index contributed by atoms with van der Waals surface area (Å²) in [6.07, 6.45) is 3.34. The van der Waals surface area contributed by atoms with Crippen molar-refractivity contribution in [2.45, 2.75) is 6.04 Å². The van der Waals surface area contributed by atoms with E-state index >= 15 is 0 Å². The van der Waals surface area contributed by atoms with Gasteiger partial charge in [-0.3, -0.25) is 9.48 Å². The van der Waals surface area contributed by atoms with E-state index in [0.717, 1.165) is 0 Å². The average Bonchev–Trinajstić information content (AvgIpc) is 3.21. The average molecular weight is 363 g/mol. The molecule has 0 aliphatic carbocycles. The van der Waals surface area contributed by atoms with Gasteiger partial charge in [0.25, 0.3) is 5.91 Å². The number of ether oxygens (including phenoxy) is 2. The van der Waals surface area contributed by atoms with E-state index in [2.05, 4.69) is 5.10 Å². The Bertz CT molecular complexity index is 937. The first-order valence-corrected chi connectivity index (χ1v) is 9.65. The van der Waals surface area contributed by atoms with Gasteiger partial charge in [-0.25, -0.2) is 8.42 Å². The van der Waals surface area contributed by atoms with Crippen molar-refractivity contribution in [2.24, 2.45) is 7.05 Å². The molecule has 0 spiro atoms. The summed E-state index contributed by atoms with van der Waals surface area (Å²) in [4.78, 5) is 14.6. The summed E-state index contributed by atoms with van der Waals surface area (Å²) in [6, 6.07) is 4.44. The van der Waals surface area contributed by atoms with E-state index in [4.69, 9.17) is 9.47 Å². The lowest BCUT2D eigenvalue weighted by atomic mass is 10.1. The number of sulfone groups is 1. The van der Waals surface area contributed by atoms with Crippen molar-refractivity contribution in [1.82, 2.24) is 14.7 Å². The number of hydrogen-bond acceptors (Lipinski definition) is 6. The third-order valence-corrected chi connectivity index (χ3v) is 6.05. The molecule has 4 rings (SSSR count). The van der Waals surface area contributed by atoms with E-state index in [1.807, 2.05) is 0 Å². The molecule has 0 N–H and O–H groups in total. The Hall–Kier alpha value is -2.55. The summed E-state index contributed by atoms with van der Waals surface area (Å²) in [5.74, 6) is 0.742. The first-order valence-electron chi connectivity index (χ1n) is 7.82. The van der Waals surface area contributed by atoms with Crippen LogP contribution in [0.3, 0.4) is 0 Å². The molecule has 25 heavy (non-hydrogen) atoms. The number of rotatable bonds is 2. The van der Waals surface area contributed by atoms with Gasteiger partial charge in [-0.1, -0.05) is 0 Å². The van der Waals surface area contributed by atoms with Crippen molar-refractivity contribution < 1.29 is 22.7 Å². The monoisotopic (exact) mass is 363 g/mol. The second-order valence-corrected chi connectivity index (χ2v) is 8.37. The summed E-state index contributed by atoms with van der Waals surface area (Å²) in [5, 5.41) is 4.10. The molecule has 1 aromatic heterocycles. The van der Waals surface area contributed by atoms with Crippen LogP contribution in [0.25, 0.3) is 0 Å². The van der Waals surface area contributed by atoms with Gasteiger partial charge in [-0.15, -0.1) is 0 Å². The van der Waals surface area contributed by atoms with Crippen molar-refractivity contribution in [3.63, 3.8) is 0 Å². The number of amides is 1. The summed E-state index contributed by atoms with van der Waals surface area (Å²) < 4.78 is 36.4. The van der Waals surface area contributed by atoms with Crippen LogP contribution >= 0.6 is 0 Å². The Labute approximate surface area is 144 Å². The lowest BCUT2D eigenvalue weighted by Gasteiger charge is -2.35. The summed E-state index contributed by atoms with van der Waals surface area (Å²) in [6.45, 7) is 0.280. The maximum Gasteiger partial charge on any atom is 0.254 e. The number of benzene rings is 1. The van der Waals surface area contributed by atoms with Gasteiger partial charge >= 0.3 is 0 Å². The van der Waals surface area contributed by atoms with Crippen LogP contribution in [0.4, 0.5) is 0 Å². The minimum Gasteiger partial charge on any atom is -0.454 e. The molecule has 8 nitrogen and oxygen atoms in total. The molecule has 2 aliphatic rings. The molecule has 0 bridgehead atoms. The maximum absolute atomic E-state index is 13.0. The molecule has 3 heterocycles. The Morgan fingerprint density at radius 1 is 1.28 bits per heavy atom. The van der Waals surface area contributed by atoms with Gasteiger partial charge in [0, 0.05) is 30.9 Å². The van der Waals surface area contributed by atoms with E-state index in [-0.39, 0.29) is 30.8 Å². The van der Waals surface area contributed by atoms with Crippen LogP contribution in [-0.4, -0.2) is 53.8 Å². The Kier molecular flexibility index (Phi) is 3.68. The van der Waals surface area contributed by atoms with Crippen LogP contribution < -0.4 is 9.47 Å². The Balaban J connectivity index is 1.67. The van der Waals surface area contributed by atoms with Crippen LogP contribution in [0.5, 0.6) is 11.5 Å². The van der Waals surface area contributed by atoms with Crippen LogP contribution in [0, 0.1) is 0 Å². The van der Waals surface area contributed by atoms with Crippen LogP contribution in [-0.2, 0) is 16.9 Å². The Morgan fingerprint density at radius 2 is 2.08 bits per heavy atom. The van der Waals surface area contributed by atoms with E-state index in [1.54, 1.807) is 47.2 Å².